The normalized spacial score (nSPS) is 10.7. The standard InChI is InChI=1S/C18H13PS2/c20-19-21-17-13-7-12-16(14-8-3-1-4-9-14)18(17)15-10-5-2-6-11-15/h1-13H. The van der Waals surface area contributed by atoms with E-state index in [1.165, 1.54) is 27.1 Å². The van der Waals surface area contributed by atoms with Gasteiger partial charge in [0.2, 0.25) is 0 Å². The molecular weight excluding hydrogens is 311 g/mol. The van der Waals surface area contributed by atoms with Gasteiger partial charge in [-0.2, -0.15) is 0 Å². The van der Waals surface area contributed by atoms with Crippen LogP contribution >= 0.6 is 17.9 Å². The molecule has 21 heavy (non-hydrogen) atoms. The first kappa shape index (κ1) is 14.5. The molecular formula is C18H13PS2. The minimum atomic E-state index is 0.899. The number of benzene rings is 3. The molecule has 0 radical (unpaired) electrons. The molecule has 0 fully saturated rings. The van der Waals surface area contributed by atoms with Gasteiger partial charge in [-0.1, -0.05) is 84.2 Å². The molecule has 3 aromatic rings. The lowest BCUT2D eigenvalue weighted by molar-refractivity contribution is 1.45. The van der Waals surface area contributed by atoms with Crippen molar-refractivity contribution in [2.45, 2.75) is 4.90 Å². The van der Waals surface area contributed by atoms with Gasteiger partial charge >= 0.3 is 0 Å². The Morgan fingerprint density at radius 1 is 0.667 bits per heavy atom. The molecule has 3 heteroatoms. The molecule has 0 saturated carbocycles. The number of hydrogen-bond acceptors (Lipinski definition) is 2. The summed E-state index contributed by atoms with van der Waals surface area (Å²) in [5, 5.41) is 0. The number of rotatable bonds is 4. The van der Waals surface area contributed by atoms with E-state index in [9.17, 15) is 0 Å². The summed E-state index contributed by atoms with van der Waals surface area (Å²) in [7, 11) is 0. The lowest BCUT2D eigenvalue weighted by Gasteiger charge is -2.14. The molecule has 0 aliphatic heterocycles. The molecule has 3 aromatic carbocycles. The molecule has 0 N–H and O–H groups in total. The van der Waals surface area contributed by atoms with Crippen molar-refractivity contribution in [3.05, 3.63) is 78.9 Å². The van der Waals surface area contributed by atoms with Gasteiger partial charge in [0.1, 0.15) is 0 Å². The molecule has 0 aliphatic rings. The van der Waals surface area contributed by atoms with Gasteiger partial charge in [0.15, 0.2) is 0 Å². The zero-order valence-corrected chi connectivity index (χ0v) is 13.8. The van der Waals surface area contributed by atoms with Gasteiger partial charge in [0.25, 0.3) is 0 Å². The Kier molecular flexibility index (Phi) is 4.82. The molecule has 0 aromatic heterocycles. The Labute approximate surface area is 135 Å². The molecule has 0 unspecified atom stereocenters. The van der Waals surface area contributed by atoms with Gasteiger partial charge in [-0.05, 0) is 34.6 Å². The van der Waals surface area contributed by atoms with Gasteiger partial charge in [0.05, 0.1) is 0 Å². The third-order valence-corrected chi connectivity index (χ3v) is 5.41. The van der Waals surface area contributed by atoms with Gasteiger partial charge in [-0.3, -0.25) is 0 Å². The van der Waals surface area contributed by atoms with Crippen LogP contribution in [0.3, 0.4) is 0 Å². The fourth-order valence-corrected chi connectivity index (χ4v) is 4.37. The summed E-state index contributed by atoms with van der Waals surface area (Å²) in [6.45, 7) is 0.899. The van der Waals surface area contributed by atoms with Gasteiger partial charge < -0.3 is 0 Å². The first-order chi connectivity index (χ1) is 10.4. The minimum Gasteiger partial charge on any atom is -0.0622 e. The first-order valence-electron chi connectivity index (χ1n) is 6.63. The molecule has 0 heterocycles. The summed E-state index contributed by atoms with van der Waals surface area (Å²) in [5.41, 5.74) is 5.00. The quantitative estimate of drug-likeness (QED) is 0.507. The van der Waals surface area contributed by atoms with E-state index in [0.29, 0.717) is 0 Å². The average Bonchev–Trinajstić information content (AvgIpc) is 2.56. The Bertz CT molecular complexity index is 740. The van der Waals surface area contributed by atoms with Crippen molar-refractivity contribution in [1.82, 2.24) is 0 Å². The van der Waals surface area contributed by atoms with Crippen LogP contribution in [0.15, 0.2) is 83.8 Å². The van der Waals surface area contributed by atoms with Crippen molar-refractivity contribution in [2.24, 2.45) is 0 Å². The highest BCUT2D eigenvalue weighted by Gasteiger charge is 2.12. The van der Waals surface area contributed by atoms with E-state index in [4.69, 9.17) is 11.8 Å². The molecule has 0 spiro atoms. The second kappa shape index (κ2) is 7.00. The minimum absolute atomic E-state index is 0.899. The molecule has 3 rings (SSSR count). The Balaban J connectivity index is 2.25. The third kappa shape index (κ3) is 3.24. The highest BCUT2D eigenvalue weighted by molar-refractivity contribution is 8.58. The van der Waals surface area contributed by atoms with Crippen molar-refractivity contribution in [3.63, 3.8) is 0 Å². The van der Waals surface area contributed by atoms with Crippen LogP contribution in [0.5, 0.6) is 0 Å². The summed E-state index contributed by atoms with van der Waals surface area (Å²) < 4.78 is 0. The highest BCUT2D eigenvalue weighted by Crippen LogP contribution is 2.42. The van der Waals surface area contributed by atoms with E-state index in [2.05, 4.69) is 66.7 Å². The zero-order valence-electron chi connectivity index (χ0n) is 11.3. The fraction of sp³-hybridized carbons (Fsp3) is 0. The maximum atomic E-state index is 5.14. The summed E-state index contributed by atoms with van der Waals surface area (Å²) in [6.07, 6.45) is 0. The molecule has 0 nitrogen and oxygen atoms in total. The van der Waals surface area contributed by atoms with Crippen LogP contribution in [-0.4, -0.2) is 0 Å². The molecule has 0 aliphatic carbocycles. The first-order valence-corrected chi connectivity index (χ1v) is 9.96. The van der Waals surface area contributed by atoms with Crippen molar-refractivity contribution >= 4 is 29.7 Å². The summed E-state index contributed by atoms with van der Waals surface area (Å²) in [5.74, 6) is 0. The van der Waals surface area contributed by atoms with Crippen LogP contribution in [0.4, 0.5) is 0 Å². The van der Waals surface area contributed by atoms with E-state index in [-0.39, 0.29) is 0 Å². The van der Waals surface area contributed by atoms with Crippen LogP contribution in [0.2, 0.25) is 0 Å². The van der Waals surface area contributed by atoms with E-state index in [1.807, 2.05) is 12.1 Å². The highest BCUT2D eigenvalue weighted by atomic mass is 32.9. The summed E-state index contributed by atoms with van der Waals surface area (Å²) in [4.78, 5) is 1.24. The fourth-order valence-electron chi connectivity index (χ4n) is 2.41. The second-order valence-corrected chi connectivity index (χ2v) is 7.68. The van der Waals surface area contributed by atoms with Crippen LogP contribution in [-0.2, 0) is 11.8 Å². The Morgan fingerprint density at radius 3 is 1.90 bits per heavy atom. The third-order valence-electron chi connectivity index (χ3n) is 3.31. The van der Waals surface area contributed by atoms with Crippen LogP contribution in [0.25, 0.3) is 22.3 Å². The molecule has 0 saturated heterocycles. The SMILES string of the molecule is S=PSc1cccc(-c2ccccc2)c1-c1ccccc1. The largest absolute Gasteiger partial charge is 0.0622 e. The van der Waals surface area contributed by atoms with Crippen molar-refractivity contribution in [2.75, 3.05) is 0 Å². The van der Waals surface area contributed by atoms with Gasteiger partial charge in [-0.25, -0.2) is 0 Å². The van der Waals surface area contributed by atoms with E-state index < -0.39 is 0 Å². The maximum absolute atomic E-state index is 5.14. The van der Waals surface area contributed by atoms with E-state index in [1.54, 1.807) is 11.4 Å². The number of hydrogen-bond donors (Lipinski definition) is 0. The predicted octanol–water partition coefficient (Wildman–Crippen LogP) is 6.44. The van der Waals surface area contributed by atoms with Crippen molar-refractivity contribution < 1.29 is 0 Å². The predicted molar refractivity (Wildman–Crippen MR) is 97.5 cm³/mol. The Morgan fingerprint density at radius 2 is 1.29 bits per heavy atom. The monoisotopic (exact) mass is 324 g/mol. The lowest BCUT2D eigenvalue weighted by Crippen LogP contribution is -1.87. The van der Waals surface area contributed by atoms with Crippen molar-refractivity contribution in [1.29, 1.82) is 0 Å². The second-order valence-electron chi connectivity index (χ2n) is 4.58. The topological polar surface area (TPSA) is 0 Å². The van der Waals surface area contributed by atoms with Crippen molar-refractivity contribution in [3.8, 4) is 22.3 Å². The average molecular weight is 324 g/mol. The smallest absolute Gasteiger partial charge is 0.0482 e. The molecule has 0 amide bonds. The maximum Gasteiger partial charge on any atom is 0.0482 e. The van der Waals surface area contributed by atoms with Crippen LogP contribution in [0.1, 0.15) is 0 Å². The lowest BCUT2D eigenvalue weighted by atomic mass is 9.94. The Hall–Kier alpha value is -1.47. The summed E-state index contributed by atoms with van der Waals surface area (Å²) in [6, 6.07) is 27.5. The van der Waals surface area contributed by atoms with E-state index >= 15 is 0 Å². The molecule has 102 valence electrons. The van der Waals surface area contributed by atoms with Gasteiger partial charge in [0, 0.05) is 17.0 Å². The van der Waals surface area contributed by atoms with Crippen LogP contribution in [0, 0.1) is 0 Å². The van der Waals surface area contributed by atoms with Crippen LogP contribution < -0.4 is 0 Å². The zero-order chi connectivity index (χ0) is 14.5. The van der Waals surface area contributed by atoms with E-state index in [0.717, 1.165) is 6.56 Å². The molecule has 0 atom stereocenters. The summed E-state index contributed by atoms with van der Waals surface area (Å²) >= 11 is 6.83. The van der Waals surface area contributed by atoms with Gasteiger partial charge in [-0.15, -0.1) is 0 Å². The molecule has 0 bridgehead atoms.